The van der Waals surface area contributed by atoms with Crippen LogP contribution in [0.15, 0.2) is 24.3 Å². The molecule has 3 rings (SSSR count). The minimum absolute atomic E-state index is 0.0890. The number of aryl methyl sites for hydroxylation is 1. The quantitative estimate of drug-likeness (QED) is 0.926. The second kappa shape index (κ2) is 5.14. The van der Waals surface area contributed by atoms with E-state index in [1.165, 1.54) is 6.07 Å². The molecule has 0 bridgehead atoms. The molecule has 1 N–H and O–H groups in total. The Morgan fingerprint density at radius 3 is 2.86 bits per heavy atom. The Hall–Kier alpha value is -1.89. The fraction of sp³-hybridized carbons (Fsp3) is 0.429. The number of nitrogens with zero attached hydrogens (tertiary/aromatic N) is 3. The van der Waals surface area contributed by atoms with Gasteiger partial charge in [-0.15, -0.1) is 0 Å². The van der Waals surface area contributed by atoms with E-state index in [4.69, 9.17) is 0 Å². The lowest BCUT2D eigenvalue weighted by atomic mass is 9.99. The van der Waals surface area contributed by atoms with Gasteiger partial charge in [0.25, 0.3) is 0 Å². The predicted molar refractivity (Wildman–Crippen MR) is 69.4 cm³/mol. The van der Waals surface area contributed by atoms with Gasteiger partial charge in [-0.1, -0.05) is 12.1 Å². The molecule has 0 amide bonds. The van der Waals surface area contributed by atoms with Gasteiger partial charge in [-0.05, 0) is 24.5 Å². The number of aliphatic hydroxyl groups excluding tert-OH is 1. The van der Waals surface area contributed by atoms with Crippen molar-refractivity contribution in [1.29, 1.82) is 0 Å². The van der Waals surface area contributed by atoms with Crippen LogP contribution in [0.1, 0.15) is 17.8 Å². The van der Waals surface area contributed by atoms with E-state index < -0.39 is 11.7 Å². The molecule has 1 unspecified atom stereocenters. The van der Waals surface area contributed by atoms with Crippen molar-refractivity contribution in [3.8, 4) is 11.4 Å². The summed E-state index contributed by atoms with van der Waals surface area (Å²) in [4.78, 5) is 4.32. The first kappa shape index (κ1) is 14.1. The van der Waals surface area contributed by atoms with E-state index in [0.29, 0.717) is 30.2 Å². The molecule has 7 heteroatoms. The summed E-state index contributed by atoms with van der Waals surface area (Å²) < 4.78 is 39.9. The Labute approximate surface area is 119 Å². The molecule has 21 heavy (non-hydrogen) atoms. The van der Waals surface area contributed by atoms with Gasteiger partial charge in [0.2, 0.25) is 0 Å². The highest BCUT2D eigenvalue weighted by Crippen LogP contribution is 2.31. The van der Waals surface area contributed by atoms with Gasteiger partial charge in [-0.3, -0.25) is 0 Å². The number of fused-ring (bicyclic) bond motifs is 1. The summed E-state index contributed by atoms with van der Waals surface area (Å²) in [5, 5.41) is 13.5. The van der Waals surface area contributed by atoms with Crippen LogP contribution in [-0.2, 0) is 19.1 Å². The molecule has 0 saturated heterocycles. The summed E-state index contributed by atoms with van der Waals surface area (Å²) in [6.07, 6.45) is -2.98. The number of hydrogen-bond acceptors (Lipinski definition) is 3. The number of rotatable bonds is 2. The van der Waals surface area contributed by atoms with Crippen LogP contribution >= 0.6 is 0 Å². The Balaban J connectivity index is 1.94. The van der Waals surface area contributed by atoms with Gasteiger partial charge in [0.1, 0.15) is 5.82 Å². The summed E-state index contributed by atoms with van der Waals surface area (Å²) in [5.41, 5.74) is -0.353. The zero-order valence-electron chi connectivity index (χ0n) is 11.1. The molecule has 0 fully saturated rings. The van der Waals surface area contributed by atoms with Crippen molar-refractivity contribution < 1.29 is 18.3 Å². The highest BCUT2D eigenvalue weighted by molar-refractivity contribution is 5.56. The Morgan fingerprint density at radius 2 is 2.14 bits per heavy atom. The van der Waals surface area contributed by atoms with Gasteiger partial charge in [0, 0.05) is 25.1 Å². The van der Waals surface area contributed by atoms with Crippen molar-refractivity contribution in [2.45, 2.75) is 25.6 Å². The van der Waals surface area contributed by atoms with Crippen LogP contribution in [0.25, 0.3) is 11.4 Å². The second-order valence-electron chi connectivity index (χ2n) is 5.19. The Bertz CT molecular complexity index is 651. The number of halogens is 3. The Kier molecular flexibility index (Phi) is 3.44. The lowest BCUT2D eigenvalue weighted by molar-refractivity contribution is -0.137. The van der Waals surface area contributed by atoms with Crippen molar-refractivity contribution >= 4 is 0 Å². The van der Waals surface area contributed by atoms with Crippen molar-refractivity contribution in [3.05, 3.63) is 35.7 Å². The van der Waals surface area contributed by atoms with Crippen LogP contribution in [0.4, 0.5) is 13.2 Å². The van der Waals surface area contributed by atoms with Gasteiger partial charge < -0.3 is 5.11 Å². The largest absolute Gasteiger partial charge is 0.416 e. The fourth-order valence-corrected chi connectivity index (χ4v) is 2.48. The lowest BCUT2D eigenvalue weighted by Gasteiger charge is -2.19. The third-order valence-corrected chi connectivity index (χ3v) is 3.68. The molecule has 1 atom stereocenters. The smallest absolute Gasteiger partial charge is 0.396 e. The maximum atomic E-state index is 12.7. The van der Waals surface area contributed by atoms with E-state index in [0.717, 1.165) is 18.6 Å². The van der Waals surface area contributed by atoms with Gasteiger partial charge in [-0.2, -0.15) is 18.3 Å². The molecule has 0 radical (unpaired) electrons. The average Bonchev–Trinajstić information content (AvgIpc) is 2.89. The van der Waals surface area contributed by atoms with Crippen LogP contribution in [-0.4, -0.2) is 26.5 Å². The number of aromatic nitrogens is 3. The third kappa shape index (κ3) is 2.78. The second-order valence-corrected chi connectivity index (χ2v) is 5.19. The fourth-order valence-electron chi connectivity index (χ4n) is 2.48. The minimum atomic E-state index is -4.38. The highest BCUT2D eigenvalue weighted by atomic mass is 19.4. The molecule has 1 aromatic heterocycles. The third-order valence-electron chi connectivity index (χ3n) is 3.68. The lowest BCUT2D eigenvalue weighted by Crippen LogP contribution is -2.22. The summed E-state index contributed by atoms with van der Waals surface area (Å²) in [6.45, 7) is 0.721. The molecule has 1 aliphatic rings. The standard InChI is InChI=1S/C14H14F3N3O/c15-14(16,17)11-3-1-2-10(7-11)13-18-12-6-9(8-21)4-5-20(12)19-13/h1-3,7,9,21H,4-6,8H2. The van der Waals surface area contributed by atoms with Crippen LogP contribution in [0.3, 0.4) is 0 Å². The molecule has 112 valence electrons. The molecule has 0 aliphatic carbocycles. The Morgan fingerprint density at radius 1 is 1.33 bits per heavy atom. The van der Waals surface area contributed by atoms with E-state index >= 15 is 0 Å². The average molecular weight is 297 g/mol. The van der Waals surface area contributed by atoms with Crippen LogP contribution in [0, 0.1) is 5.92 Å². The van der Waals surface area contributed by atoms with Crippen molar-refractivity contribution in [2.75, 3.05) is 6.61 Å². The summed E-state index contributed by atoms with van der Waals surface area (Å²) in [7, 11) is 0. The predicted octanol–water partition coefficient (Wildman–Crippen LogP) is 2.52. The molecule has 0 spiro atoms. The maximum absolute atomic E-state index is 12.7. The first-order valence-corrected chi connectivity index (χ1v) is 6.69. The topological polar surface area (TPSA) is 50.9 Å². The first-order chi connectivity index (χ1) is 9.97. The maximum Gasteiger partial charge on any atom is 0.416 e. The molecular weight excluding hydrogens is 283 g/mol. The van der Waals surface area contributed by atoms with E-state index in [2.05, 4.69) is 10.1 Å². The monoisotopic (exact) mass is 297 g/mol. The van der Waals surface area contributed by atoms with Gasteiger partial charge in [0.05, 0.1) is 5.56 Å². The number of aliphatic hydroxyl groups is 1. The molecule has 4 nitrogen and oxygen atoms in total. The normalized spacial score (nSPS) is 18.6. The number of hydrogen-bond donors (Lipinski definition) is 1. The molecule has 2 heterocycles. The molecule has 0 saturated carbocycles. The SMILES string of the molecule is OCC1CCn2nc(-c3cccc(C(F)(F)F)c3)nc2C1. The minimum Gasteiger partial charge on any atom is -0.396 e. The van der Waals surface area contributed by atoms with Crippen molar-refractivity contribution in [1.82, 2.24) is 14.8 Å². The first-order valence-electron chi connectivity index (χ1n) is 6.69. The van der Waals surface area contributed by atoms with Gasteiger partial charge in [0.15, 0.2) is 5.82 Å². The molecule has 2 aromatic rings. The van der Waals surface area contributed by atoms with E-state index in [1.54, 1.807) is 10.7 Å². The van der Waals surface area contributed by atoms with E-state index in [1.807, 2.05) is 0 Å². The molecule has 1 aliphatic heterocycles. The van der Waals surface area contributed by atoms with Crippen molar-refractivity contribution in [2.24, 2.45) is 5.92 Å². The summed E-state index contributed by atoms with van der Waals surface area (Å²) in [5.74, 6) is 1.17. The highest BCUT2D eigenvalue weighted by Gasteiger charge is 2.31. The van der Waals surface area contributed by atoms with Crippen LogP contribution in [0.2, 0.25) is 0 Å². The summed E-state index contributed by atoms with van der Waals surface area (Å²) >= 11 is 0. The van der Waals surface area contributed by atoms with Crippen LogP contribution in [0.5, 0.6) is 0 Å². The number of alkyl halides is 3. The molecular formula is C14H14F3N3O. The zero-order valence-corrected chi connectivity index (χ0v) is 11.1. The van der Waals surface area contributed by atoms with Crippen molar-refractivity contribution in [3.63, 3.8) is 0 Å². The van der Waals surface area contributed by atoms with Crippen LogP contribution < -0.4 is 0 Å². The molecule has 1 aromatic carbocycles. The zero-order chi connectivity index (χ0) is 15.0. The summed E-state index contributed by atoms with van der Waals surface area (Å²) in [6, 6.07) is 5.01. The van der Waals surface area contributed by atoms with Gasteiger partial charge >= 0.3 is 6.18 Å². The number of benzene rings is 1. The van der Waals surface area contributed by atoms with E-state index in [9.17, 15) is 18.3 Å². The van der Waals surface area contributed by atoms with E-state index in [-0.39, 0.29) is 12.5 Å². The van der Waals surface area contributed by atoms with Gasteiger partial charge in [-0.25, -0.2) is 9.67 Å².